The van der Waals surface area contributed by atoms with Gasteiger partial charge in [-0.2, -0.15) is 0 Å². The van der Waals surface area contributed by atoms with E-state index in [-0.39, 0.29) is 24.9 Å². The molecule has 0 heterocycles. The Morgan fingerprint density at radius 1 is 0.492 bits per heavy atom. The van der Waals surface area contributed by atoms with Gasteiger partial charge < -0.3 is 20.3 Å². The van der Waals surface area contributed by atoms with Gasteiger partial charge in [0.05, 0.1) is 25.2 Å². The molecule has 0 bridgehead atoms. The summed E-state index contributed by atoms with van der Waals surface area (Å²) < 4.78 is 5.87. The Hall–Kier alpha value is -3.48. The maximum Gasteiger partial charge on any atom is 0.306 e. The third kappa shape index (κ3) is 46.8. The molecular formula is C59H99NO5. The van der Waals surface area contributed by atoms with E-state index >= 15 is 0 Å². The molecule has 0 rings (SSSR count). The summed E-state index contributed by atoms with van der Waals surface area (Å²) >= 11 is 0. The van der Waals surface area contributed by atoms with E-state index in [9.17, 15) is 19.8 Å². The predicted molar refractivity (Wildman–Crippen MR) is 282 cm³/mol. The Morgan fingerprint density at radius 2 is 0.908 bits per heavy atom. The Kier molecular flexibility index (Phi) is 48.7. The fourth-order valence-electron chi connectivity index (χ4n) is 7.41. The SMILES string of the molecule is CC/C=C\C/C=C\C/C=C\C/C=C\C/C=C\CC(CC(=O)NC(CO)C(O)CCCCCCCCCCCCCCC)OC(=O)CCCCCCC/C=C/C=C/C=C/C=C/CCCCC. The van der Waals surface area contributed by atoms with Gasteiger partial charge in [-0.15, -0.1) is 0 Å². The molecule has 3 unspecified atom stereocenters. The van der Waals surface area contributed by atoms with E-state index in [4.69, 9.17) is 4.74 Å². The lowest BCUT2D eigenvalue weighted by atomic mass is 10.0. The van der Waals surface area contributed by atoms with Gasteiger partial charge in [-0.1, -0.05) is 246 Å². The standard InChI is InChI=1S/C59H99NO5/c1-4-7-10-13-16-19-22-25-27-28-29-31-34-37-40-43-46-49-52-59(64)65-55(50-47-44-41-38-35-33-30-26-23-20-17-14-11-8-5-2)53-58(63)60-56(54-61)57(62)51-48-45-42-39-36-32-24-21-18-15-12-9-6-3/h8,11,16-17,19-20,22,25-31,35,38,44,47,55-57,61-62H,4-7,9-10,12-15,18,21,23-24,32-34,36-37,39-43,45-46,48-54H2,1-3H3,(H,60,63)/b11-8-,19-16+,20-17-,25-22+,28-27+,30-26-,31-29+,38-35-,47-44-. The summed E-state index contributed by atoms with van der Waals surface area (Å²) in [6.07, 6.45) is 70.1. The first-order chi connectivity index (χ1) is 32.0. The average Bonchev–Trinajstić information content (AvgIpc) is 3.30. The normalized spacial score (nSPS) is 14.1. The summed E-state index contributed by atoms with van der Waals surface area (Å²) in [5.74, 6) is -0.614. The van der Waals surface area contributed by atoms with Crippen molar-refractivity contribution < 1.29 is 24.5 Å². The van der Waals surface area contributed by atoms with Crippen LogP contribution >= 0.6 is 0 Å². The molecule has 65 heavy (non-hydrogen) atoms. The van der Waals surface area contributed by atoms with Crippen LogP contribution in [0.1, 0.15) is 226 Å². The van der Waals surface area contributed by atoms with Crippen LogP contribution in [0.15, 0.2) is 109 Å². The Labute approximate surface area is 400 Å². The van der Waals surface area contributed by atoms with Gasteiger partial charge in [0.15, 0.2) is 0 Å². The lowest BCUT2D eigenvalue weighted by Gasteiger charge is -2.24. The molecule has 0 aromatic rings. The first-order valence-electron chi connectivity index (χ1n) is 26.7. The number of ether oxygens (including phenoxy) is 1. The molecule has 3 atom stereocenters. The molecule has 6 heteroatoms. The first kappa shape index (κ1) is 61.5. The van der Waals surface area contributed by atoms with Crippen molar-refractivity contribution in [2.45, 2.75) is 244 Å². The molecular weight excluding hydrogens is 803 g/mol. The lowest BCUT2D eigenvalue weighted by molar-refractivity contribution is -0.150. The minimum Gasteiger partial charge on any atom is -0.461 e. The second kappa shape index (κ2) is 51.5. The molecule has 1 amide bonds. The molecule has 0 aromatic carbocycles. The molecule has 0 fully saturated rings. The second-order valence-corrected chi connectivity index (χ2v) is 17.6. The van der Waals surface area contributed by atoms with Gasteiger partial charge in [0, 0.05) is 12.8 Å². The van der Waals surface area contributed by atoms with Crippen LogP contribution in [-0.2, 0) is 14.3 Å². The van der Waals surface area contributed by atoms with Crippen LogP contribution in [0.5, 0.6) is 0 Å². The molecule has 0 radical (unpaired) electrons. The molecule has 3 N–H and O–H groups in total. The summed E-state index contributed by atoms with van der Waals surface area (Å²) in [6, 6.07) is -0.744. The van der Waals surface area contributed by atoms with Crippen molar-refractivity contribution >= 4 is 11.9 Å². The number of aliphatic hydroxyl groups excluding tert-OH is 2. The van der Waals surface area contributed by atoms with Crippen LogP contribution in [0.3, 0.4) is 0 Å². The number of hydrogen-bond acceptors (Lipinski definition) is 5. The first-order valence-corrected chi connectivity index (χ1v) is 26.7. The number of aliphatic hydroxyl groups is 2. The lowest BCUT2D eigenvalue weighted by Crippen LogP contribution is -2.46. The zero-order valence-corrected chi connectivity index (χ0v) is 42.1. The maximum atomic E-state index is 13.2. The fourth-order valence-corrected chi connectivity index (χ4v) is 7.41. The van der Waals surface area contributed by atoms with Crippen molar-refractivity contribution in [1.82, 2.24) is 5.32 Å². The van der Waals surface area contributed by atoms with Gasteiger partial charge in [0.2, 0.25) is 5.91 Å². The number of carbonyl (C=O) groups is 2. The molecule has 0 saturated heterocycles. The van der Waals surface area contributed by atoms with E-state index in [1.54, 1.807) is 0 Å². The quantitative estimate of drug-likeness (QED) is 0.0245. The van der Waals surface area contributed by atoms with Crippen LogP contribution in [0.25, 0.3) is 0 Å². The largest absolute Gasteiger partial charge is 0.461 e. The van der Waals surface area contributed by atoms with E-state index in [0.29, 0.717) is 19.3 Å². The van der Waals surface area contributed by atoms with Crippen LogP contribution in [0.4, 0.5) is 0 Å². The Bertz CT molecular complexity index is 1330. The predicted octanol–water partition coefficient (Wildman–Crippen LogP) is 16.3. The van der Waals surface area contributed by atoms with Crippen molar-refractivity contribution in [1.29, 1.82) is 0 Å². The summed E-state index contributed by atoms with van der Waals surface area (Å²) in [5, 5.41) is 23.7. The van der Waals surface area contributed by atoms with Gasteiger partial charge >= 0.3 is 5.97 Å². The van der Waals surface area contributed by atoms with Crippen LogP contribution in [0, 0.1) is 0 Å². The molecule has 0 aliphatic rings. The van der Waals surface area contributed by atoms with Gasteiger partial charge in [0.1, 0.15) is 6.10 Å². The van der Waals surface area contributed by atoms with Crippen molar-refractivity contribution in [2.24, 2.45) is 0 Å². The molecule has 0 aromatic heterocycles. The number of rotatable bonds is 46. The summed E-state index contributed by atoms with van der Waals surface area (Å²) in [6.45, 7) is 6.29. The Morgan fingerprint density at radius 3 is 1.42 bits per heavy atom. The van der Waals surface area contributed by atoms with Gasteiger partial charge in [-0.3, -0.25) is 9.59 Å². The molecule has 0 aliphatic heterocycles. The van der Waals surface area contributed by atoms with Gasteiger partial charge in [-0.05, 0) is 70.6 Å². The van der Waals surface area contributed by atoms with Crippen molar-refractivity contribution in [3.05, 3.63) is 109 Å². The van der Waals surface area contributed by atoms with E-state index in [2.05, 4.69) is 123 Å². The van der Waals surface area contributed by atoms with Crippen LogP contribution < -0.4 is 5.32 Å². The number of esters is 1. The number of allylic oxidation sites excluding steroid dienone is 17. The fraction of sp³-hybridized carbons (Fsp3) is 0.661. The van der Waals surface area contributed by atoms with Crippen LogP contribution in [0.2, 0.25) is 0 Å². The van der Waals surface area contributed by atoms with E-state index in [0.717, 1.165) is 96.3 Å². The smallest absolute Gasteiger partial charge is 0.306 e. The number of carbonyl (C=O) groups excluding carboxylic acids is 2. The number of unbranched alkanes of at least 4 members (excludes halogenated alkanes) is 20. The van der Waals surface area contributed by atoms with Gasteiger partial charge in [-0.25, -0.2) is 0 Å². The van der Waals surface area contributed by atoms with Gasteiger partial charge in [0.25, 0.3) is 0 Å². The zero-order valence-electron chi connectivity index (χ0n) is 42.1. The highest BCUT2D eigenvalue weighted by molar-refractivity contribution is 5.77. The highest BCUT2D eigenvalue weighted by Gasteiger charge is 2.23. The summed E-state index contributed by atoms with van der Waals surface area (Å²) in [5.41, 5.74) is 0. The second-order valence-electron chi connectivity index (χ2n) is 17.6. The average molecular weight is 902 g/mol. The maximum absolute atomic E-state index is 13.2. The Balaban J connectivity index is 4.78. The molecule has 0 saturated carbocycles. The third-order valence-electron chi connectivity index (χ3n) is 11.4. The zero-order chi connectivity index (χ0) is 47.4. The highest BCUT2D eigenvalue weighted by Crippen LogP contribution is 2.16. The van der Waals surface area contributed by atoms with E-state index in [1.807, 2.05) is 12.2 Å². The minimum absolute atomic E-state index is 0.0167. The van der Waals surface area contributed by atoms with Crippen molar-refractivity contribution in [3.8, 4) is 0 Å². The summed E-state index contributed by atoms with van der Waals surface area (Å²) in [4.78, 5) is 26.2. The monoisotopic (exact) mass is 902 g/mol. The highest BCUT2D eigenvalue weighted by atomic mass is 16.5. The minimum atomic E-state index is -0.823. The van der Waals surface area contributed by atoms with Crippen molar-refractivity contribution in [3.63, 3.8) is 0 Å². The van der Waals surface area contributed by atoms with E-state index < -0.39 is 18.2 Å². The number of hydrogen-bond donors (Lipinski definition) is 3. The van der Waals surface area contributed by atoms with Crippen LogP contribution in [-0.4, -0.2) is 46.9 Å². The molecule has 0 spiro atoms. The number of amides is 1. The number of nitrogens with one attached hydrogen (secondary N) is 1. The van der Waals surface area contributed by atoms with Crippen molar-refractivity contribution in [2.75, 3.05) is 6.61 Å². The molecule has 0 aliphatic carbocycles. The van der Waals surface area contributed by atoms with E-state index in [1.165, 1.54) is 83.5 Å². The molecule has 370 valence electrons. The molecule has 6 nitrogen and oxygen atoms in total. The summed E-state index contributed by atoms with van der Waals surface area (Å²) in [7, 11) is 0. The third-order valence-corrected chi connectivity index (χ3v) is 11.4. The topological polar surface area (TPSA) is 95.9 Å².